The van der Waals surface area contributed by atoms with Crippen molar-refractivity contribution >= 4 is 0 Å². The summed E-state index contributed by atoms with van der Waals surface area (Å²) >= 11 is 0. The van der Waals surface area contributed by atoms with E-state index in [-0.39, 0.29) is 0 Å². The molecule has 124 valence electrons. The Kier molecular flexibility index (Phi) is 17.1. The van der Waals surface area contributed by atoms with Crippen LogP contribution < -0.4 is 0 Å². The molecule has 0 bridgehead atoms. The summed E-state index contributed by atoms with van der Waals surface area (Å²) in [5, 5.41) is 0. The molecule has 0 aromatic carbocycles. The maximum atomic E-state index is 2.41. The third-order valence-electron chi connectivity index (χ3n) is 5.21. The molecule has 0 heteroatoms. The summed E-state index contributed by atoms with van der Waals surface area (Å²) in [5.41, 5.74) is 0.635. The van der Waals surface area contributed by atoms with Gasteiger partial charge in [0.2, 0.25) is 0 Å². The number of unbranched alkanes of at least 4 members (excludes halogenated alkanes) is 3. The monoisotopic (exact) mass is 284 g/mol. The van der Waals surface area contributed by atoms with Crippen molar-refractivity contribution in [2.45, 2.75) is 119 Å². The summed E-state index contributed by atoms with van der Waals surface area (Å²) in [6.45, 7) is 16.2. The lowest BCUT2D eigenvalue weighted by atomic mass is 9.80. The Morgan fingerprint density at radius 1 is 0.700 bits per heavy atom. The topological polar surface area (TPSA) is 0 Å². The molecule has 0 rings (SSSR count). The van der Waals surface area contributed by atoms with E-state index in [4.69, 9.17) is 0 Å². The van der Waals surface area contributed by atoms with Crippen LogP contribution in [0.5, 0.6) is 0 Å². The zero-order valence-electron chi connectivity index (χ0n) is 15.9. The van der Waals surface area contributed by atoms with Gasteiger partial charge in [-0.25, -0.2) is 0 Å². The zero-order valence-corrected chi connectivity index (χ0v) is 15.9. The van der Waals surface area contributed by atoms with Gasteiger partial charge in [0.25, 0.3) is 0 Å². The largest absolute Gasteiger partial charge is 0.0654 e. The molecule has 0 fully saturated rings. The fourth-order valence-electron chi connectivity index (χ4n) is 2.59. The molecular formula is C20H44. The summed E-state index contributed by atoms with van der Waals surface area (Å²) in [7, 11) is 0. The van der Waals surface area contributed by atoms with Crippen molar-refractivity contribution in [2.75, 3.05) is 0 Å². The van der Waals surface area contributed by atoms with Gasteiger partial charge in [-0.15, -0.1) is 0 Å². The Balaban J connectivity index is 0. The molecule has 0 aliphatic heterocycles. The van der Waals surface area contributed by atoms with Crippen LogP contribution in [0.4, 0.5) is 0 Å². The highest BCUT2D eigenvalue weighted by Crippen LogP contribution is 2.31. The van der Waals surface area contributed by atoms with E-state index in [1.807, 2.05) is 0 Å². The van der Waals surface area contributed by atoms with Gasteiger partial charge in [-0.1, -0.05) is 113 Å². The van der Waals surface area contributed by atoms with Gasteiger partial charge in [-0.2, -0.15) is 0 Å². The molecule has 0 saturated carbocycles. The molecule has 0 atom stereocenters. The molecule has 0 aromatic rings. The average molecular weight is 285 g/mol. The first kappa shape index (κ1) is 22.3. The predicted molar refractivity (Wildman–Crippen MR) is 96.4 cm³/mol. The lowest BCUT2D eigenvalue weighted by Gasteiger charge is -2.26. The Morgan fingerprint density at radius 3 is 1.55 bits per heavy atom. The minimum absolute atomic E-state index is 0.635. The van der Waals surface area contributed by atoms with E-state index in [1.165, 1.54) is 70.6 Å². The fourth-order valence-corrected chi connectivity index (χ4v) is 2.59. The summed E-state index contributed by atoms with van der Waals surface area (Å²) in [4.78, 5) is 0. The van der Waals surface area contributed by atoms with E-state index in [1.54, 1.807) is 0 Å². The van der Waals surface area contributed by atoms with Gasteiger partial charge < -0.3 is 0 Å². The maximum absolute atomic E-state index is 2.41. The van der Waals surface area contributed by atoms with E-state index < -0.39 is 0 Å². The Hall–Kier alpha value is 0. The number of hydrogen-bond donors (Lipinski definition) is 0. The smallest absolute Gasteiger partial charge is 0.0331 e. The molecule has 0 aromatic heterocycles. The van der Waals surface area contributed by atoms with Gasteiger partial charge in [0, 0.05) is 0 Å². The van der Waals surface area contributed by atoms with Crippen molar-refractivity contribution in [3.8, 4) is 0 Å². The minimum Gasteiger partial charge on any atom is -0.0654 e. The maximum Gasteiger partial charge on any atom is -0.0331 e. The zero-order chi connectivity index (χ0) is 15.9. The lowest BCUT2D eigenvalue weighted by Crippen LogP contribution is -2.12. The summed E-state index contributed by atoms with van der Waals surface area (Å²) in [6.07, 6.45) is 15.3. The molecule has 0 amide bonds. The van der Waals surface area contributed by atoms with Crippen LogP contribution in [0, 0.1) is 11.3 Å². The van der Waals surface area contributed by atoms with Crippen LogP contribution in [0.15, 0.2) is 0 Å². The van der Waals surface area contributed by atoms with Crippen LogP contribution in [0.25, 0.3) is 0 Å². The lowest BCUT2D eigenvalue weighted by molar-refractivity contribution is 0.265. The second-order valence-electron chi connectivity index (χ2n) is 6.80. The first-order valence-corrected chi connectivity index (χ1v) is 9.53. The van der Waals surface area contributed by atoms with Crippen LogP contribution in [0.3, 0.4) is 0 Å². The summed E-state index contributed by atoms with van der Waals surface area (Å²) in [6, 6.07) is 0. The molecule has 0 N–H and O–H groups in total. The second-order valence-corrected chi connectivity index (χ2v) is 6.80. The van der Waals surface area contributed by atoms with Crippen molar-refractivity contribution in [1.29, 1.82) is 0 Å². The molecule has 20 heavy (non-hydrogen) atoms. The minimum atomic E-state index is 0.635. The van der Waals surface area contributed by atoms with E-state index >= 15 is 0 Å². The third kappa shape index (κ3) is 13.0. The number of rotatable bonds is 11. The van der Waals surface area contributed by atoms with Crippen molar-refractivity contribution in [3.05, 3.63) is 0 Å². The van der Waals surface area contributed by atoms with Crippen molar-refractivity contribution in [3.63, 3.8) is 0 Å². The molecule has 0 heterocycles. The fraction of sp³-hybridized carbons (Fsp3) is 1.00. The van der Waals surface area contributed by atoms with Crippen molar-refractivity contribution < 1.29 is 0 Å². The van der Waals surface area contributed by atoms with E-state index in [9.17, 15) is 0 Å². The Bertz CT molecular complexity index is 163. The first-order chi connectivity index (χ1) is 9.53. The molecule has 0 unspecified atom stereocenters. The van der Waals surface area contributed by atoms with Gasteiger partial charge in [0.15, 0.2) is 0 Å². The summed E-state index contributed by atoms with van der Waals surface area (Å²) in [5.74, 6) is 1.01. The third-order valence-corrected chi connectivity index (χ3v) is 5.21. The van der Waals surface area contributed by atoms with Crippen LogP contribution in [-0.2, 0) is 0 Å². The molecule has 0 radical (unpaired) electrons. The van der Waals surface area contributed by atoms with Crippen LogP contribution >= 0.6 is 0 Å². The van der Waals surface area contributed by atoms with Crippen LogP contribution in [0.1, 0.15) is 119 Å². The van der Waals surface area contributed by atoms with Gasteiger partial charge >= 0.3 is 0 Å². The van der Waals surface area contributed by atoms with E-state index in [0.29, 0.717) is 5.41 Å². The van der Waals surface area contributed by atoms with E-state index in [0.717, 1.165) is 5.92 Å². The normalized spacial score (nSPS) is 11.4. The van der Waals surface area contributed by atoms with Crippen LogP contribution in [-0.4, -0.2) is 0 Å². The van der Waals surface area contributed by atoms with Crippen molar-refractivity contribution in [1.82, 2.24) is 0 Å². The average Bonchev–Trinajstić information content (AvgIpc) is 2.50. The molecule has 0 nitrogen and oxygen atoms in total. The van der Waals surface area contributed by atoms with Gasteiger partial charge in [0.1, 0.15) is 0 Å². The standard InChI is InChI=1S/2C10H22/c1-5-8-9-10(4,6-2)7-3;1-4-7-8-9-10(5-2)6-3/h5-9H2,1-4H3;10H,4-9H2,1-3H3. The van der Waals surface area contributed by atoms with Crippen LogP contribution in [0.2, 0.25) is 0 Å². The molecule has 0 saturated heterocycles. The second kappa shape index (κ2) is 15.4. The highest BCUT2D eigenvalue weighted by atomic mass is 14.2. The molecular weight excluding hydrogens is 240 g/mol. The quantitative estimate of drug-likeness (QED) is 0.337. The molecule has 0 aliphatic rings. The Morgan fingerprint density at radius 2 is 1.20 bits per heavy atom. The predicted octanol–water partition coefficient (Wildman–Crippen LogP) is 8.01. The molecule has 0 spiro atoms. The number of hydrogen-bond acceptors (Lipinski definition) is 0. The molecule has 0 aliphatic carbocycles. The highest BCUT2D eigenvalue weighted by molar-refractivity contribution is 4.69. The van der Waals surface area contributed by atoms with Gasteiger partial charge in [0.05, 0.1) is 0 Å². The first-order valence-electron chi connectivity index (χ1n) is 9.53. The van der Waals surface area contributed by atoms with Gasteiger partial charge in [-0.05, 0) is 17.8 Å². The van der Waals surface area contributed by atoms with E-state index in [2.05, 4.69) is 48.5 Å². The summed E-state index contributed by atoms with van der Waals surface area (Å²) < 4.78 is 0. The Labute approximate surface area is 131 Å². The highest BCUT2D eigenvalue weighted by Gasteiger charge is 2.17. The SMILES string of the molecule is CCCCC(C)(CC)CC.CCCCCC(CC)CC. The van der Waals surface area contributed by atoms with Gasteiger partial charge in [-0.3, -0.25) is 0 Å². The van der Waals surface area contributed by atoms with Crippen molar-refractivity contribution in [2.24, 2.45) is 11.3 Å².